The maximum atomic E-state index is 13.5. The van der Waals surface area contributed by atoms with Crippen LogP contribution in [0.5, 0.6) is 0 Å². The lowest BCUT2D eigenvalue weighted by Gasteiger charge is -2.28. The number of likely N-dealkylation sites (tertiary alicyclic amines) is 2. The van der Waals surface area contributed by atoms with Gasteiger partial charge in [0.2, 0.25) is 11.8 Å². The van der Waals surface area contributed by atoms with E-state index in [4.69, 9.17) is 9.15 Å². The van der Waals surface area contributed by atoms with Gasteiger partial charge in [-0.3, -0.25) is 9.59 Å². The van der Waals surface area contributed by atoms with Crippen LogP contribution in [0.15, 0.2) is 40.1 Å². The molecule has 0 unspecified atom stereocenters. The zero-order valence-electron chi connectivity index (χ0n) is 21.7. The first-order chi connectivity index (χ1) is 18.3. The normalized spacial score (nSPS) is 18.7. The lowest BCUT2D eigenvalue weighted by Crippen LogP contribution is -2.49. The Balaban J connectivity index is 1.62. The molecule has 0 radical (unpaired) electrons. The van der Waals surface area contributed by atoms with Gasteiger partial charge in [-0.05, 0) is 70.2 Å². The van der Waals surface area contributed by atoms with Crippen LogP contribution in [-0.2, 0) is 23.9 Å². The van der Waals surface area contributed by atoms with E-state index in [-0.39, 0.29) is 30.8 Å². The van der Waals surface area contributed by atoms with Gasteiger partial charge in [-0.2, -0.15) is 0 Å². The van der Waals surface area contributed by atoms with Gasteiger partial charge in [0.1, 0.15) is 23.2 Å². The van der Waals surface area contributed by atoms with Crippen molar-refractivity contribution >= 4 is 40.4 Å². The molecule has 2 aliphatic rings. The number of aryl methyl sites for hydroxylation is 1. The fourth-order valence-electron chi connectivity index (χ4n) is 4.87. The van der Waals surface area contributed by atoms with Gasteiger partial charge in [-0.15, -0.1) is 0 Å². The molecule has 1 atom stereocenters. The Hall–Kier alpha value is -4.02. The molecule has 2 amide bonds. The summed E-state index contributed by atoms with van der Waals surface area (Å²) >= 11 is 0. The molecule has 0 bridgehead atoms. The van der Waals surface area contributed by atoms with Gasteiger partial charge in [0.05, 0.1) is 13.2 Å². The van der Waals surface area contributed by atoms with Crippen molar-refractivity contribution in [1.29, 1.82) is 0 Å². The molecule has 2 fully saturated rings. The van der Waals surface area contributed by atoms with Crippen molar-refractivity contribution in [3.63, 3.8) is 0 Å². The molecule has 3 heterocycles. The lowest BCUT2D eigenvalue weighted by atomic mass is 10.1. The Bertz CT molecular complexity index is 1250. The van der Waals surface area contributed by atoms with E-state index in [9.17, 15) is 24.3 Å². The maximum absolute atomic E-state index is 13.5. The van der Waals surface area contributed by atoms with E-state index in [1.807, 2.05) is 13.0 Å². The topological polar surface area (TPSA) is 141 Å². The number of ether oxygens (including phenoxy) is 1. The highest BCUT2D eigenvalue weighted by Crippen LogP contribution is 2.24. The molecule has 11 heteroatoms. The number of anilines is 1. The minimum Gasteiger partial charge on any atom is -0.477 e. The van der Waals surface area contributed by atoms with Gasteiger partial charge in [-0.1, -0.05) is 0 Å². The summed E-state index contributed by atoms with van der Waals surface area (Å²) in [5, 5.41) is 16.7. The summed E-state index contributed by atoms with van der Waals surface area (Å²) in [7, 11) is 0. The Morgan fingerprint density at radius 3 is 2.55 bits per heavy atom. The van der Waals surface area contributed by atoms with Crippen LogP contribution in [0.4, 0.5) is 5.69 Å². The molecule has 1 aromatic heterocycles. The molecule has 0 spiro atoms. The summed E-state index contributed by atoms with van der Waals surface area (Å²) in [6, 6.07) is 6.18. The molecular weight excluding hydrogens is 492 g/mol. The molecule has 38 heavy (non-hydrogen) atoms. The lowest BCUT2D eigenvalue weighted by molar-refractivity contribution is -0.144. The van der Waals surface area contributed by atoms with E-state index in [0.717, 1.165) is 24.0 Å². The molecule has 3 N–H and O–H groups in total. The number of amides is 2. The average molecular weight is 527 g/mol. The number of fused-ring (bicyclic) bond motifs is 1. The number of nitrogens with zero attached hydrogens (tertiary/aromatic N) is 2. The van der Waals surface area contributed by atoms with Gasteiger partial charge in [0, 0.05) is 30.7 Å². The number of carbonyl (C=O) groups is 4. The number of hydrogen-bond acceptors (Lipinski definition) is 8. The van der Waals surface area contributed by atoms with E-state index < -0.39 is 23.6 Å². The second-order valence-electron chi connectivity index (χ2n) is 9.55. The largest absolute Gasteiger partial charge is 0.477 e. The number of rotatable bonds is 9. The van der Waals surface area contributed by atoms with Gasteiger partial charge >= 0.3 is 11.9 Å². The molecule has 2 saturated heterocycles. The zero-order chi connectivity index (χ0) is 27.2. The van der Waals surface area contributed by atoms with Crippen LogP contribution in [0.3, 0.4) is 0 Å². The standard InChI is InChI=1S/C27H34N4O7/c1-3-37-27(36)23(26(34)35)24(28-19-9-10-21-18(15-19)14-17(2)38-21)29-20-8-4-5-13-31(25(20)33)16-22(32)30-11-6-7-12-30/h9-10,14-15,20,28-29H,3-8,11-13,16H2,1-2H3,(H,34,35)/t20-/m0/s1. The Kier molecular flexibility index (Phi) is 8.55. The number of carboxylic acids is 1. The molecule has 204 valence electrons. The summed E-state index contributed by atoms with van der Waals surface area (Å²) in [4.78, 5) is 54.4. The molecule has 2 aliphatic heterocycles. The first-order valence-corrected chi connectivity index (χ1v) is 13.0. The van der Waals surface area contributed by atoms with Crippen LogP contribution in [0.25, 0.3) is 11.0 Å². The third-order valence-corrected chi connectivity index (χ3v) is 6.74. The summed E-state index contributed by atoms with van der Waals surface area (Å²) in [6.45, 7) is 5.19. The predicted octanol–water partition coefficient (Wildman–Crippen LogP) is 2.61. The van der Waals surface area contributed by atoms with Crippen molar-refractivity contribution in [2.75, 3.05) is 38.1 Å². The first kappa shape index (κ1) is 27.0. The fraction of sp³-hybridized carbons (Fsp3) is 0.481. The van der Waals surface area contributed by atoms with Gasteiger partial charge in [-0.25, -0.2) is 9.59 Å². The first-order valence-electron chi connectivity index (χ1n) is 13.0. The molecule has 0 saturated carbocycles. The monoisotopic (exact) mass is 526 g/mol. The van der Waals surface area contributed by atoms with Crippen molar-refractivity contribution in [3.8, 4) is 0 Å². The molecule has 2 aromatic rings. The molecule has 0 aliphatic carbocycles. The van der Waals surface area contributed by atoms with Crippen LogP contribution in [0.1, 0.15) is 44.8 Å². The van der Waals surface area contributed by atoms with E-state index in [1.54, 1.807) is 30.0 Å². The second-order valence-corrected chi connectivity index (χ2v) is 9.55. The second kappa shape index (κ2) is 12.0. The molecule has 1 aromatic carbocycles. The third kappa shape index (κ3) is 6.27. The summed E-state index contributed by atoms with van der Waals surface area (Å²) in [5.41, 5.74) is 0.505. The van der Waals surface area contributed by atoms with Crippen molar-refractivity contribution < 1.29 is 33.4 Å². The van der Waals surface area contributed by atoms with Gasteiger partial charge < -0.3 is 34.7 Å². The highest BCUT2D eigenvalue weighted by Gasteiger charge is 2.33. The fourth-order valence-corrected chi connectivity index (χ4v) is 4.87. The van der Waals surface area contributed by atoms with E-state index in [2.05, 4.69) is 10.6 Å². The van der Waals surface area contributed by atoms with Crippen molar-refractivity contribution in [3.05, 3.63) is 41.4 Å². The Morgan fingerprint density at radius 1 is 1.11 bits per heavy atom. The summed E-state index contributed by atoms with van der Waals surface area (Å²) in [5.74, 6) is -2.37. The highest BCUT2D eigenvalue weighted by atomic mass is 16.5. The van der Waals surface area contributed by atoms with Crippen LogP contribution >= 0.6 is 0 Å². The van der Waals surface area contributed by atoms with Crippen LogP contribution in [0, 0.1) is 6.92 Å². The molecular formula is C27H34N4O7. The Morgan fingerprint density at radius 2 is 1.84 bits per heavy atom. The zero-order valence-corrected chi connectivity index (χ0v) is 21.7. The molecule has 11 nitrogen and oxygen atoms in total. The van der Waals surface area contributed by atoms with E-state index >= 15 is 0 Å². The number of benzene rings is 1. The smallest absolute Gasteiger partial charge is 0.349 e. The summed E-state index contributed by atoms with van der Waals surface area (Å²) < 4.78 is 10.6. The number of nitrogens with one attached hydrogen (secondary N) is 2. The number of aliphatic carboxylic acids is 1. The third-order valence-electron chi connectivity index (χ3n) is 6.74. The van der Waals surface area contributed by atoms with Crippen molar-refractivity contribution in [2.45, 2.75) is 52.0 Å². The van der Waals surface area contributed by atoms with Crippen molar-refractivity contribution in [2.24, 2.45) is 0 Å². The number of esters is 1. The van der Waals surface area contributed by atoms with Gasteiger partial charge in [0.25, 0.3) is 0 Å². The number of hydrogen-bond donors (Lipinski definition) is 3. The van der Waals surface area contributed by atoms with Crippen LogP contribution in [0.2, 0.25) is 0 Å². The number of carbonyl (C=O) groups excluding carboxylic acids is 3. The Labute approximate surface area is 220 Å². The molecule has 4 rings (SSSR count). The summed E-state index contributed by atoms with van der Waals surface area (Å²) in [6.07, 6.45) is 3.73. The minimum absolute atomic E-state index is 0.0160. The quantitative estimate of drug-likeness (QED) is 0.195. The number of furan rings is 1. The highest BCUT2D eigenvalue weighted by molar-refractivity contribution is 6.14. The number of carboxylic acid groups (broad SMARTS) is 1. The van der Waals surface area contributed by atoms with Crippen LogP contribution in [-0.4, -0.2) is 77.5 Å². The van der Waals surface area contributed by atoms with Gasteiger partial charge in [0.15, 0.2) is 5.57 Å². The van der Waals surface area contributed by atoms with Crippen molar-refractivity contribution in [1.82, 2.24) is 15.1 Å². The van der Waals surface area contributed by atoms with E-state index in [1.165, 1.54) is 4.90 Å². The van der Waals surface area contributed by atoms with E-state index in [0.29, 0.717) is 50.2 Å². The maximum Gasteiger partial charge on any atom is 0.349 e. The average Bonchev–Trinajstić information content (AvgIpc) is 3.50. The minimum atomic E-state index is -1.50. The van der Waals surface area contributed by atoms with Crippen LogP contribution < -0.4 is 10.6 Å². The SMILES string of the molecule is CCOC(=O)C(C(=O)O)=C(Nc1ccc2oc(C)cc2c1)N[C@H]1CCCCN(CC(=O)N2CCCC2)C1=O. The predicted molar refractivity (Wildman–Crippen MR) is 139 cm³/mol.